The number of anilines is 1. The van der Waals surface area contributed by atoms with E-state index in [9.17, 15) is 0 Å². The van der Waals surface area contributed by atoms with Crippen LogP contribution in [0.1, 0.15) is 44.3 Å². The number of benzene rings is 2. The summed E-state index contributed by atoms with van der Waals surface area (Å²) in [5, 5.41) is 1.90. The zero-order chi connectivity index (χ0) is 26.5. The van der Waals surface area contributed by atoms with E-state index >= 15 is 0 Å². The Kier molecular flexibility index (Phi) is 4.75. The minimum Gasteiger partial charge on any atom is -0.447 e. The molecular formula is C29H31N3OS. The third-order valence-electron chi connectivity index (χ3n) is 6.40. The summed E-state index contributed by atoms with van der Waals surface area (Å²) in [6.45, 7) is 8.53. The Balaban J connectivity index is 1.44. The predicted molar refractivity (Wildman–Crippen MR) is 144 cm³/mol. The Hall–Kier alpha value is -3.31. The van der Waals surface area contributed by atoms with Gasteiger partial charge in [-0.05, 0) is 55.2 Å². The second-order valence-electron chi connectivity index (χ2n) is 9.73. The van der Waals surface area contributed by atoms with Crippen molar-refractivity contribution < 1.29 is 8.85 Å². The zero-order valence-electron chi connectivity index (χ0n) is 23.2. The number of hydrogen-bond donors (Lipinski definition) is 0. The first-order valence-corrected chi connectivity index (χ1v) is 12.2. The summed E-state index contributed by atoms with van der Waals surface area (Å²) >= 11 is 1.60. The first-order chi connectivity index (χ1) is 17.4. The molecule has 0 amide bonds. The number of hydrogen-bond acceptors (Lipinski definition) is 5. The van der Waals surface area contributed by atoms with Gasteiger partial charge < -0.3 is 14.5 Å². The molecule has 0 spiro atoms. The van der Waals surface area contributed by atoms with E-state index in [0.29, 0.717) is 5.75 Å². The molecule has 0 saturated carbocycles. The normalized spacial score (nSPS) is 16.1. The molecule has 5 heteroatoms. The van der Waals surface area contributed by atoms with Gasteiger partial charge in [0.25, 0.3) is 0 Å². The highest BCUT2D eigenvalue weighted by Gasteiger charge is 2.22. The Labute approximate surface area is 210 Å². The number of allylic oxidation sites excluding steroid dienone is 2. The average molecular weight is 473 g/mol. The van der Waals surface area contributed by atoms with E-state index in [1.807, 2.05) is 49.2 Å². The molecule has 1 aliphatic heterocycles. The lowest BCUT2D eigenvalue weighted by Crippen LogP contribution is -2.24. The van der Waals surface area contributed by atoms with Crippen molar-refractivity contribution in [3.8, 4) is 22.1 Å². The Morgan fingerprint density at radius 3 is 2.59 bits per heavy atom. The molecule has 0 aliphatic carbocycles. The van der Waals surface area contributed by atoms with Crippen molar-refractivity contribution in [1.29, 1.82) is 0 Å². The second kappa shape index (κ2) is 8.48. The summed E-state index contributed by atoms with van der Waals surface area (Å²) in [5.74, 6) is 0.705. The van der Waals surface area contributed by atoms with Crippen molar-refractivity contribution in [1.82, 2.24) is 9.88 Å². The molecule has 3 heterocycles. The highest BCUT2D eigenvalue weighted by molar-refractivity contribution is 7.20. The lowest BCUT2D eigenvalue weighted by molar-refractivity contribution is 0.459. The summed E-state index contributed by atoms with van der Waals surface area (Å²) in [4.78, 5) is 8.12. The van der Waals surface area contributed by atoms with Crippen molar-refractivity contribution in [3.05, 3.63) is 83.8 Å². The van der Waals surface area contributed by atoms with Gasteiger partial charge in [-0.15, -0.1) is 0 Å². The van der Waals surface area contributed by atoms with Crippen molar-refractivity contribution >= 4 is 27.1 Å². The molecule has 0 radical (unpaired) electrons. The van der Waals surface area contributed by atoms with Gasteiger partial charge in [0.05, 0.1) is 12.4 Å². The van der Waals surface area contributed by atoms with Gasteiger partial charge in [0.2, 0.25) is 0 Å². The van der Waals surface area contributed by atoms with E-state index in [0.717, 1.165) is 43.5 Å². The molecule has 0 N–H and O–H groups in total. The van der Waals surface area contributed by atoms with E-state index in [4.69, 9.17) is 8.85 Å². The van der Waals surface area contributed by atoms with Crippen molar-refractivity contribution in [2.45, 2.75) is 40.0 Å². The third-order valence-corrected chi connectivity index (χ3v) is 7.38. The van der Waals surface area contributed by atoms with Crippen molar-refractivity contribution in [3.63, 3.8) is 0 Å². The average Bonchev–Trinajstić information content (AvgIpc) is 3.38. The number of aromatic nitrogens is 1. The largest absolute Gasteiger partial charge is 0.447 e. The van der Waals surface area contributed by atoms with Gasteiger partial charge in [-0.2, -0.15) is 0 Å². The molecule has 2 aromatic carbocycles. The molecule has 0 fully saturated rings. The van der Waals surface area contributed by atoms with E-state index in [-0.39, 0.29) is 12.1 Å². The van der Waals surface area contributed by atoms with Gasteiger partial charge in [0.1, 0.15) is 5.75 Å². The van der Waals surface area contributed by atoms with Gasteiger partial charge >= 0.3 is 0 Å². The molecular weight excluding hydrogens is 438 g/mol. The van der Waals surface area contributed by atoms with E-state index in [1.54, 1.807) is 11.3 Å². The molecule has 1 aliphatic rings. The molecule has 5 rings (SSSR count). The standard InChI is InChI=1S/C29H31N3OS/c1-19-20(2)32(18-31(19)6)22-9-7-10-23(16-22)33-28-17-25-24(11-8-12-27(25)34-28)26-15-21(13-14-30-26)29(3,4)5/h7-17H,18H2,1-6H3/i6D3. The van der Waals surface area contributed by atoms with Gasteiger partial charge in [0, 0.05) is 62.1 Å². The zero-order valence-corrected chi connectivity index (χ0v) is 21.0. The lowest BCUT2D eigenvalue weighted by atomic mass is 9.87. The fraction of sp³-hybridized carbons (Fsp3) is 0.276. The number of nitrogens with zero attached hydrogens (tertiary/aromatic N) is 3. The van der Waals surface area contributed by atoms with Crippen LogP contribution in [0.4, 0.5) is 5.69 Å². The minimum absolute atomic E-state index is 0.0431. The summed E-state index contributed by atoms with van der Waals surface area (Å²) in [6.07, 6.45) is 1.88. The minimum atomic E-state index is -2.18. The van der Waals surface area contributed by atoms with E-state index in [1.165, 1.54) is 10.5 Å². The van der Waals surface area contributed by atoms with Crippen LogP contribution in [0.2, 0.25) is 0 Å². The van der Waals surface area contributed by atoms with Crippen LogP contribution in [0.15, 0.2) is 78.3 Å². The monoisotopic (exact) mass is 472 g/mol. The van der Waals surface area contributed by atoms with Gasteiger partial charge in [-0.1, -0.05) is 50.3 Å². The highest BCUT2D eigenvalue weighted by Crippen LogP contribution is 2.40. The Morgan fingerprint density at radius 2 is 1.82 bits per heavy atom. The van der Waals surface area contributed by atoms with Crippen LogP contribution in [0.25, 0.3) is 21.3 Å². The summed E-state index contributed by atoms with van der Waals surface area (Å²) < 4.78 is 31.0. The fourth-order valence-corrected chi connectivity index (χ4v) is 5.16. The molecule has 4 aromatic rings. The smallest absolute Gasteiger partial charge is 0.182 e. The Morgan fingerprint density at radius 1 is 1.00 bits per heavy atom. The van der Waals surface area contributed by atoms with Crippen LogP contribution < -0.4 is 9.64 Å². The van der Waals surface area contributed by atoms with E-state index in [2.05, 4.69) is 62.2 Å². The maximum Gasteiger partial charge on any atom is 0.182 e. The fourth-order valence-electron chi connectivity index (χ4n) is 4.21. The molecule has 0 unspecified atom stereocenters. The van der Waals surface area contributed by atoms with Crippen LogP contribution >= 0.6 is 11.3 Å². The van der Waals surface area contributed by atoms with Gasteiger partial charge in [0.15, 0.2) is 5.06 Å². The molecule has 2 aromatic heterocycles. The highest BCUT2D eigenvalue weighted by atomic mass is 32.1. The molecule has 0 atom stereocenters. The lowest BCUT2D eigenvalue weighted by Gasteiger charge is -2.21. The molecule has 174 valence electrons. The first kappa shape index (κ1) is 19.0. The molecule has 34 heavy (non-hydrogen) atoms. The first-order valence-electron chi connectivity index (χ1n) is 12.9. The number of thiophene rings is 1. The SMILES string of the molecule is [2H]C([2H])([2H])N1CN(c2cccc(Oc3cc4c(-c5cc(C(C)(C)C)ccn5)cccc4s3)c2)C(C)=C1C. The van der Waals surface area contributed by atoms with Crippen molar-refractivity contribution in [2.75, 3.05) is 18.5 Å². The van der Waals surface area contributed by atoms with Crippen LogP contribution in [0.3, 0.4) is 0 Å². The summed E-state index contributed by atoms with van der Waals surface area (Å²) in [6, 6.07) is 20.4. The third kappa shape index (κ3) is 4.16. The van der Waals surface area contributed by atoms with Crippen LogP contribution in [-0.4, -0.2) is 23.5 Å². The Bertz CT molecular complexity index is 1500. The number of pyridine rings is 1. The van der Waals surface area contributed by atoms with Crippen LogP contribution in [0.5, 0.6) is 10.8 Å². The van der Waals surface area contributed by atoms with Gasteiger partial charge in [-0.3, -0.25) is 4.98 Å². The maximum atomic E-state index is 7.84. The van der Waals surface area contributed by atoms with Crippen molar-refractivity contribution in [2.24, 2.45) is 0 Å². The quantitative estimate of drug-likeness (QED) is 0.301. The summed E-state index contributed by atoms with van der Waals surface area (Å²) in [7, 11) is 0. The van der Waals surface area contributed by atoms with E-state index < -0.39 is 6.98 Å². The predicted octanol–water partition coefficient (Wildman–Crippen LogP) is 8.01. The summed E-state index contributed by atoms with van der Waals surface area (Å²) in [5.41, 5.74) is 5.90. The van der Waals surface area contributed by atoms with Crippen LogP contribution in [0, 0.1) is 0 Å². The number of ether oxygens (including phenoxy) is 1. The topological polar surface area (TPSA) is 28.6 Å². The van der Waals surface area contributed by atoms with Gasteiger partial charge in [-0.25, -0.2) is 0 Å². The van der Waals surface area contributed by atoms with Crippen LogP contribution in [-0.2, 0) is 5.41 Å². The number of fused-ring (bicyclic) bond motifs is 1. The maximum absolute atomic E-state index is 7.84. The number of rotatable bonds is 4. The molecule has 0 bridgehead atoms. The molecule has 0 saturated heterocycles. The second-order valence-corrected chi connectivity index (χ2v) is 10.8. The molecule has 4 nitrogen and oxygen atoms in total.